The van der Waals surface area contributed by atoms with Gasteiger partial charge in [-0.1, -0.05) is 17.7 Å². The number of carbonyl (C=O) groups is 2. The smallest absolute Gasteiger partial charge is 0.252 e. The van der Waals surface area contributed by atoms with E-state index in [-0.39, 0.29) is 18.4 Å². The number of benzene rings is 1. The topological polar surface area (TPSA) is 61.4 Å². The first-order valence-electron chi connectivity index (χ1n) is 8.61. The maximum atomic E-state index is 12.0. The Bertz CT molecular complexity index is 779. The fraction of sp³-hybridized carbons (Fsp3) is 0.368. The number of rotatable bonds is 6. The second kappa shape index (κ2) is 8.56. The van der Waals surface area contributed by atoms with E-state index in [4.69, 9.17) is 11.6 Å². The number of hydrogen-bond acceptors (Lipinski definition) is 4. The van der Waals surface area contributed by atoms with Crippen molar-refractivity contribution in [3.8, 4) is 0 Å². The number of carbonyl (C=O) groups excluding carboxylic acids is 2. The number of thiophene rings is 1. The van der Waals surface area contributed by atoms with Crippen LogP contribution in [0.3, 0.4) is 0 Å². The molecule has 1 atom stereocenters. The third-order valence-corrected chi connectivity index (χ3v) is 5.50. The van der Waals surface area contributed by atoms with Gasteiger partial charge in [-0.15, -0.1) is 0 Å². The van der Waals surface area contributed by atoms with Gasteiger partial charge in [0.15, 0.2) is 0 Å². The second-order valence-electron chi connectivity index (χ2n) is 6.53. The lowest BCUT2D eigenvalue weighted by Crippen LogP contribution is -2.39. The third-order valence-electron chi connectivity index (χ3n) is 4.58. The average molecular weight is 392 g/mol. The first-order chi connectivity index (χ1) is 12.5. The van der Waals surface area contributed by atoms with Crippen molar-refractivity contribution in [3.05, 3.63) is 51.2 Å². The Hall–Kier alpha value is -2.05. The molecule has 2 aromatic rings. The van der Waals surface area contributed by atoms with Crippen molar-refractivity contribution in [1.29, 1.82) is 0 Å². The van der Waals surface area contributed by atoms with Crippen molar-refractivity contribution in [1.82, 2.24) is 10.6 Å². The summed E-state index contributed by atoms with van der Waals surface area (Å²) >= 11 is 7.57. The highest BCUT2D eigenvalue weighted by atomic mass is 35.5. The van der Waals surface area contributed by atoms with E-state index in [0.717, 1.165) is 30.2 Å². The summed E-state index contributed by atoms with van der Waals surface area (Å²) in [5, 5.41) is 9.90. The highest BCUT2D eigenvalue weighted by molar-refractivity contribution is 7.08. The summed E-state index contributed by atoms with van der Waals surface area (Å²) in [5.74, 6) is 0.0146. The number of hydrogen-bond donors (Lipinski definition) is 2. The van der Waals surface area contributed by atoms with Crippen LogP contribution in [0.15, 0.2) is 35.0 Å². The van der Waals surface area contributed by atoms with E-state index in [1.807, 2.05) is 23.6 Å². The molecule has 0 spiro atoms. The molecule has 138 valence electrons. The number of nitrogens with one attached hydrogen (secondary N) is 2. The van der Waals surface area contributed by atoms with Crippen LogP contribution in [0, 0.1) is 12.8 Å². The van der Waals surface area contributed by atoms with Gasteiger partial charge in [-0.25, -0.2) is 0 Å². The minimum absolute atomic E-state index is 0.00147. The third kappa shape index (κ3) is 4.77. The molecule has 0 saturated carbocycles. The number of halogens is 1. The summed E-state index contributed by atoms with van der Waals surface area (Å²) in [5.41, 5.74) is 2.95. The van der Waals surface area contributed by atoms with E-state index >= 15 is 0 Å². The van der Waals surface area contributed by atoms with E-state index in [0.29, 0.717) is 18.0 Å². The zero-order chi connectivity index (χ0) is 18.5. The zero-order valence-corrected chi connectivity index (χ0v) is 16.2. The number of anilines is 1. The van der Waals surface area contributed by atoms with Crippen molar-refractivity contribution in [3.63, 3.8) is 0 Å². The molecular weight excluding hydrogens is 370 g/mol. The van der Waals surface area contributed by atoms with Crippen LogP contribution in [0.5, 0.6) is 0 Å². The Morgan fingerprint density at radius 3 is 2.92 bits per heavy atom. The molecule has 5 nitrogen and oxygen atoms in total. The molecule has 1 unspecified atom stereocenters. The highest BCUT2D eigenvalue weighted by Gasteiger charge is 2.24. The molecule has 1 saturated heterocycles. The van der Waals surface area contributed by atoms with Gasteiger partial charge in [-0.2, -0.15) is 11.3 Å². The Kier molecular flexibility index (Phi) is 6.16. The molecule has 1 aromatic carbocycles. The van der Waals surface area contributed by atoms with E-state index in [1.165, 1.54) is 16.9 Å². The number of nitrogens with zero attached hydrogens (tertiary/aromatic N) is 1. The maximum Gasteiger partial charge on any atom is 0.252 e. The predicted octanol–water partition coefficient (Wildman–Crippen LogP) is 3.08. The van der Waals surface area contributed by atoms with Gasteiger partial charge in [0.2, 0.25) is 5.91 Å². The van der Waals surface area contributed by atoms with Crippen molar-refractivity contribution in [2.45, 2.75) is 13.3 Å². The molecule has 2 heterocycles. The van der Waals surface area contributed by atoms with E-state index in [9.17, 15) is 9.59 Å². The van der Waals surface area contributed by atoms with Gasteiger partial charge < -0.3 is 15.5 Å². The van der Waals surface area contributed by atoms with Crippen molar-refractivity contribution in [2.75, 3.05) is 31.1 Å². The molecule has 2 amide bonds. The van der Waals surface area contributed by atoms with E-state index < -0.39 is 0 Å². The Balaban J connectivity index is 1.42. The summed E-state index contributed by atoms with van der Waals surface area (Å²) in [6.45, 7) is 4.54. The van der Waals surface area contributed by atoms with Crippen LogP contribution in [-0.2, 0) is 4.79 Å². The van der Waals surface area contributed by atoms with E-state index in [2.05, 4.69) is 22.5 Å². The molecule has 1 fully saturated rings. The molecule has 0 bridgehead atoms. The molecule has 3 rings (SSSR count). The lowest BCUT2D eigenvalue weighted by atomic mass is 10.1. The van der Waals surface area contributed by atoms with Gasteiger partial charge in [-0.05, 0) is 48.4 Å². The van der Waals surface area contributed by atoms with Crippen LogP contribution in [0.4, 0.5) is 5.69 Å². The Morgan fingerprint density at radius 2 is 2.15 bits per heavy atom. The lowest BCUT2D eigenvalue weighted by molar-refractivity contribution is -0.120. The zero-order valence-electron chi connectivity index (χ0n) is 14.6. The van der Waals surface area contributed by atoms with Crippen LogP contribution in [-0.4, -0.2) is 38.0 Å². The fourth-order valence-electron chi connectivity index (χ4n) is 3.12. The van der Waals surface area contributed by atoms with Gasteiger partial charge in [0.1, 0.15) is 0 Å². The molecule has 0 radical (unpaired) electrons. The minimum Gasteiger partial charge on any atom is -0.371 e. The summed E-state index contributed by atoms with van der Waals surface area (Å²) in [6.07, 6.45) is 1.02. The van der Waals surface area contributed by atoms with Crippen LogP contribution in [0.25, 0.3) is 0 Å². The molecule has 26 heavy (non-hydrogen) atoms. The highest BCUT2D eigenvalue weighted by Crippen LogP contribution is 2.29. The summed E-state index contributed by atoms with van der Waals surface area (Å²) in [4.78, 5) is 26.1. The van der Waals surface area contributed by atoms with Gasteiger partial charge in [0.25, 0.3) is 5.91 Å². The van der Waals surface area contributed by atoms with Gasteiger partial charge >= 0.3 is 0 Å². The second-order valence-corrected chi connectivity index (χ2v) is 7.75. The standard InChI is InChI=1S/C19H22ClN3O2S/c1-13-2-3-16(20)8-17(13)23-6-4-14(11-23)9-21-18(24)10-22-19(25)15-5-7-26-12-15/h2-3,5,7-8,12,14H,4,6,9-11H2,1H3,(H,21,24)(H,22,25). The first-order valence-corrected chi connectivity index (χ1v) is 9.93. The minimum atomic E-state index is -0.218. The normalized spacial score (nSPS) is 16.5. The SMILES string of the molecule is Cc1ccc(Cl)cc1N1CCC(CNC(=O)CNC(=O)c2ccsc2)C1. The quantitative estimate of drug-likeness (QED) is 0.795. The van der Waals surface area contributed by atoms with Gasteiger partial charge in [0.05, 0.1) is 6.54 Å². The maximum absolute atomic E-state index is 12.0. The lowest BCUT2D eigenvalue weighted by Gasteiger charge is -2.21. The average Bonchev–Trinajstić information content (AvgIpc) is 3.31. The van der Waals surface area contributed by atoms with Gasteiger partial charge in [-0.3, -0.25) is 9.59 Å². The molecule has 0 aliphatic carbocycles. The predicted molar refractivity (Wildman–Crippen MR) is 106 cm³/mol. The Morgan fingerprint density at radius 1 is 1.31 bits per heavy atom. The van der Waals surface area contributed by atoms with Crippen LogP contribution in [0.1, 0.15) is 22.3 Å². The van der Waals surface area contributed by atoms with Crippen LogP contribution < -0.4 is 15.5 Å². The summed E-state index contributed by atoms with van der Waals surface area (Å²) < 4.78 is 0. The molecule has 2 N–H and O–H groups in total. The monoisotopic (exact) mass is 391 g/mol. The molecule has 7 heteroatoms. The summed E-state index contributed by atoms with van der Waals surface area (Å²) in [7, 11) is 0. The largest absolute Gasteiger partial charge is 0.371 e. The first kappa shape index (κ1) is 18.7. The number of aryl methyl sites for hydroxylation is 1. The molecule has 1 aliphatic rings. The van der Waals surface area contributed by atoms with Crippen molar-refractivity contribution < 1.29 is 9.59 Å². The van der Waals surface area contributed by atoms with Crippen LogP contribution >= 0.6 is 22.9 Å². The Labute approximate surface area is 162 Å². The van der Waals surface area contributed by atoms with E-state index in [1.54, 1.807) is 11.4 Å². The molecular formula is C19H22ClN3O2S. The van der Waals surface area contributed by atoms with Crippen molar-refractivity contribution in [2.24, 2.45) is 5.92 Å². The van der Waals surface area contributed by atoms with Crippen molar-refractivity contribution >= 4 is 40.4 Å². The molecule has 1 aromatic heterocycles. The molecule has 1 aliphatic heterocycles. The van der Waals surface area contributed by atoms with Gasteiger partial charge in [0, 0.05) is 41.3 Å². The van der Waals surface area contributed by atoms with Crippen LogP contribution in [0.2, 0.25) is 5.02 Å². The summed E-state index contributed by atoms with van der Waals surface area (Å²) in [6, 6.07) is 7.67. The number of amides is 2. The fourth-order valence-corrected chi connectivity index (χ4v) is 3.92.